The Morgan fingerprint density at radius 2 is 1.87 bits per heavy atom. The summed E-state index contributed by atoms with van der Waals surface area (Å²) in [6, 6.07) is 8.09. The second-order valence-electron chi connectivity index (χ2n) is 5.91. The molecule has 1 aromatic carbocycles. The topological polar surface area (TPSA) is 54.9 Å². The van der Waals surface area contributed by atoms with Crippen LogP contribution >= 0.6 is 24.0 Å². The first-order valence-electron chi connectivity index (χ1n) is 7.56. The molecule has 0 amide bonds. The summed E-state index contributed by atoms with van der Waals surface area (Å²) in [5.74, 6) is 2.00. The molecule has 0 spiro atoms. The lowest BCUT2D eigenvalue weighted by molar-refractivity contribution is 0.0268. The molecule has 0 aliphatic rings. The molecule has 1 unspecified atom stereocenters. The molecule has 5 nitrogen and oxygen atoms in total. The van der Waals surface area contributed by atoms with E-state index >= 15 is 0 Å². The van der Waals surface area contributed by atoms with Crippen LogP contribution in [0.3, 0.4) is 0 Å². The van der Waals surface area contributed by atoms with Gasteiger partial charge in [-0.3, -0.25) is 4.99 Å². The molecule has 6 heteroatoms. The Kier molecular flexibility index (Phi) is 10.2. The Labute approximate surface area is 157 Å². The Bertz CT molecular complexity index is 492. The first-order chi connectivity index (χ1) is 10.4. The van der Waals surface area contributed by atoms with Crippen molar-refractivity contribution in [1.82, 2.24) is 10.6 Å². The molecule has 1 atom stereocenters. The largest absolute Gasteiger partial charge is 0.496 e. The van der Waals surface area contributed by atoms with E-state index in [9.17, 15) is 0 Å². The van der Waals surface area contributed by atoms with Crippen molar-refractivity contribution < 1.29 is 9.47 Å². The van der Waals surface area contributed by atoms with Gasteiger partial charge in [0.1, 0.15) is 5.75 Å². The van der Waals surface area contributed by atoms with Crippen LogP contribution in [0.1, 0.15) is 32.3 Å². The monoisotopic (exact) mass is 435 g/mol. The summed E-state index contributed by atoms with van der Waals surface area (Å²) >= 11 is 0. The minimum Gasteiger partial charge on any atom is -0.496 e. The van der Waals surface area contributed by atoms with E-state index in [-0.39, 0.29) is 29.6 Å². The van der Waals surface area contributed by atoms with Gasteiger partial charge in [0.2, 0.25) is 0 Å². The fraction of sp³-hybridized carbons (Fsp3) is 0.588. The van der Waals surface area contributed by atoms with Crippen molar-refractivity contribution in [2.75, 3.05) is 34.4 Å². The van der Waals surface area contributed by atoms with Gasteiger partial charge in [0.05, 0.1) is 12.7 Å². The van der Waals surface area contributed by atoms with Crippen molar-refractivity contribution in [1.29, 1.82) is 0 Å². The number of para-hydroxylation sites is 1. The maximum absolute atomic E-state index is 5.42. The predicted octanol–water partition coefficient (Wildman–Crippen LogP) is 3.01. The van der Waals surface area contributed by atoms with E-state index in [1.165, 1.54) is 5.56 Å². The Morgan fingerprint density at radius 3 is 2.43 bits per heavy atom. The van der Waals surface area contributed by atoms with Gasteiger partial charge in [0.25, 0.3) is 0 Å². The van der Waals surface area contributed by atoms with Gasteiger partial charge in [0, 0.05) is 33.2 Å². The fourth-order valence-corrected chi connectivity index (χ4v) is 2.02. The third-order valence-electron chi connectivity index (χ3n) is 3.70. The van der Waals surface area contributed by atoms with Crippen molar-refractivity contribution in [2.24, 2.45) is 4.99 Å². The van der Waals surface area contributed by atoms with Gasteiger partial charge in [-0.1, -0.05) is 25.1 Å². The highest BCUT2D eigenvalue weighted by atomic mass is 127. The van der Waals surface area contributed by atoms with Crippen LogP contribution in [0.15, 0.2) is 29.3 Å². The number of benzene rings is 1. The highest BCUT2D eigenvalue weighted by molar-refractivity contribution is 14.0. The number of nitrogens with one attached hydrogen (secondary N) is 2. The third-order valence-corrected chi connectivity index (χ3v) is 3.70. The van der Waals surface area contributed by atoms with Crippen molar-refractivity contribution >= 4 is 29.9 Å². The molecule has 0 saturated heterocycles. The average molecular weight is 435 g/mol. The van der Waals surface area contributed by atoms with Gasteiger partial charge < -0.3 is 20.1 Å². The number of rotatable bonds is 7. The number of ether oxygens (including phenoxy) is 2. The first-order valence-corrected chi connectivity index (χ1v) is 7.56. The van der Waals surface area contributed by atoms with Crippen LogP contribution in [-0.4, -0.2) is 45.9 Å². The van der Waals surface area contributed by atoms with E-state index in [0.29, 0.717) is 12.5 Å². The molecule has 132 valence electrons. The zero-order chi connectivity index (χ0) is 16.6. The van der Waals surface area contributed by atoms with Crippen molar-refractivity contribution in [3.8, 4) is 5.75 Å². The molecule has 0 aromatic heterocycles. The number of aliphatic imine (C=N–C) groups is 1. The summed E-state index contributed by atoms with van der Waals surface area (Å²) in [6.45, 7) is 7.69. The first kappa shape index (κ1) is 22.0. The van der Waals surface area contributed by atoms with Gasteiger partial charge in [-0.2, -0.15) is 0 Å². The summed E-state index contributed by atoms with van der Waals surface area (Å²) in [7, 11) is 5.18. The normalized spacial score (nSPS) is 13.0. The van der Waals surface area contributed by atoms with Crippen molar-refractivity contribution in [3.63, 3.8) is 0 Å². The van der Waals surface area contributed by atoms with E-state index in [4.69, 9.17) is 9.47 Å². The Hall–Kier alpha value is -1.02. The van der Waals surface area contributed by atoms with Crippen molar-refractivity contribution in [2.45, 2.75) is 32.3 Å². The Morgan fingerprint density at radius 1 is 1.22 bits per heavy atom. The predicted molar refractivity (Wildman–Crippen MR) is 107 cm³/mol. The zero-order valence-electron chi connectivity index (χ0n) is 15.0. The molecule has 1 aromatic rings. The lowest BCUT2D eigenvalue weighted by Crippen LogP contribution is -2.46. The highest BCUT2D eigenvalue weighted by Crippen LogP contribution is 2.25. The minimum atomic E-state index is -0.230. The summed E-state index contributed by atoms with van der Waals surface area (Å²) in [6.07, 6.45) is 0. The molecule has 0 heterocycles. The summed E-state index contributed by atoms with van der Waals surface area (Å²) in [5, 5.41) is 6.62. The van der Waals surface area contributed by atoms with Crippen molar-refractivity contribution in [3.05, 3.63) is 29.8 Å². The van der Waals surface area contributed by atoms with Crippen LogP contribution < -0.4 is 15.4 Å². The van der Waals surface area contributed by atoms with Crippen LogP contribution in [0.2, 0.25) is 0 Å². The SMILES string of the molecule is CN=C(NCC(C)c1ccccc1OC)NCC(C)(C)OC.I. The molecule has 2 N–H and O–H groups in total. The minimum absolute atomic E-state index is 0. The lowest BCUT2D eigenvalue weighted by atomic mass is 10.0. The molecular formula is C17H30IN3O2. The molecule has 23 heavy (non-hydrogen) atoms. The van der Waals surface area contributed by atoms with E-state index < -0.39 is 0 Å². The summed E-state index contributed by atoms with van der Waals surface area (Å²) in [4.78, 5) is 4.24. The van der Waals surface area contributed by atoms with E-state index in [1.807, 2.05) is 32.0 Å². The number of hydrogen-bond acceptors (Lipinski definition) is 3. The fourth-order valence-electron chi connectivity index (χ4n) is 2.02. The summed E-state index contributed by atoms with van der Waals surface area (Å²) < 4.78 is 10.8. The third kappa shape index (κ3) is 7.39. The number of hydrogen-bond donors (Lipinski definition) is 2. The number of guanidine groups is 1. The standard InChI is InChI=1S/C17H29N3O2.HI/c1-13(14-9-7-8-10-15(14)21-5)11-19-16(18-4)20-12-17(2,3)22-6;/h7-10,13H,11-12H2,1-6H3,(H2,18,19,20);1H. The van der Waals surface area contributed by atoms with Crippen LogP contribution in [0, 0.1) is 0 Å². The van der Waals surface area contributed by atoms with E-state index in [0.717, 1.165) is 18.3 Å². The highest BCUT2D eigenvalue weighted by Gasteiger charge is 2.17. The molecule has 0 fully saturated rings. The Balaban J connectivity index is 0.00000484. The number of halogens is 1. The van der Waals surface area contributed by atoms with Gasteiger partial charge in [-0.05, 0) is 25.5 Å². The lowest BCUT2D eigenvalue weighted by Gasteiger charge is -2.25. The molecular weight excluding hydrogens is 405 g/mol. The molecule has 0 bridgehead atoms. The molecule has 1 rings (SSSR count). The molecule has 0 radical (unpaired) electrons. The van der Waals surface area contributed by atoms with Crippen LogP contribution in [0.4, 0.5) is 0 Å². The maximum Gasteiger partial charge on any atom is 0.191 e. The van der Waals surface area contributed by atoms with Gasteiger partial charge in [0.15, 0.2) is 5.96 Å². The van der Waals surface area contributed by atoms with Gasteiger partial charge >= 0.3 is 0 Å². The number of methoxy groups -OCH3 is 2. The number of nitrogens with zero attached hydrogens (tertiary/aromatic N) is 1. The summed E-state index contributed by atoms with van der Waals surface area (Å²) in [5.41, 5.74) is 0.955. The molecule has 0 aliphatic carbocycles. The van der Waals surface area contributed by atoms with E-state index in [2.05, 4.69) is 28.6 Å². The maximum atomic E-state index is 5.42. The van der Waals surface area contributed by atoms with Crippen LogP contribution in [0.5, 0.6) is 5.75 Å². The van der Waals surface area contributed by atoms with Gasteiger partial charge in [-0.25, -0.2) is 0 Å². The van der Waals surface area contributed by atoms with E-state index in [1.54, 1.807) is 21.3 Å². The second-order valence-corrected chi connectivity index (χ2v) is 5.91. The van der Waals surface area contributed by atoms with Gasteiger partial charge in [-0.15, -0.1) is 24.0 Å². The average Bonchev–Trinajstić information content (AvgIpc) is 2.54. The van der Waals surface area contributed by atoms with Crippen LogP contribution in [-0.2, 0) is 4.74 Å². The van der Waals surface area contributed by atoms with Crippen LogP contribution in [0.25, 0.3) is 0 Å². The molecule has 0 aliphatic heterocycles. The molecule has 0 saturated carbocycles. The zero-order valence-corrected chi connectivity index (χ0v) is 17.3. The smallest absolute Gasteiger partial charge is 0.191 e. The quantitative estimate of drug-likeness (QED) is 0.393. The second kappa shape index (κ2) is 10.7.